The molecule has 0 aliphatic heterocycles. The van der Waals surface area contributed by atoms with E-state index in [4.69, 9.17) is 4.74 Å². The summed E-state index contributed by atoms with van der Waals surface area (Å²) in [5, 5.41) is 6.07. The van der Waals surface area contributed by atoms with E-state index >= 15 is 0 Å². The van der Waals surface area contributed by atoms with Gasteiger partial charge in [0.2, 0.25) is 0 Å². The highest BCUT2D eigenvalue weighted by atomic mass is 16.5. The van der Waals surface area contributed by atoms with Gasteiger partial charge in [-0.25, -0.2) is 4.79 Å². The maximum atomic E-state index is 12.3. The fraction of sp³-hybridized carbons (Fsp3) is 0.115. The summed E-state index contributed by atoms with van der Waals surface area (Å²) in [7, 11) is 0. The van der Waals surface area contributed by atoms with Crippen LogP contribution in [0.15, 0.2) is 85.1 Å². The van der Waals surface area contributed by atoms with Gasteiger partial charge in [0.1, 0.15) is 0 Å². The zero-order valence-electron chi connectivity index (χ0n) is 17.1. The van der Waals surface area contributed by atoms with Gasteiger partial charge >= 0.3 is 5.97 Å². The van der Waals surface area contributed by atoms with Gasteiger partial charge in [-0.3, -0.25) is 9.78 Å². The molecule has 5 heteroatoms. The van der Waals surface area contributed by atoms with Gasteiger partial charge in [-0.05, 0) is 35.4 Å². The fourth-order valence-corrected chi connectivity index (χ4v) is 3.59. The number of rotatable bonds is 6. The van der Waals surface area contributed by atoms with Crippen molar-refractivity contribution in [2.45, 2.75) is 13.0 Å². The number of fused-ring (bicyclic) bond motifs is 2. The zero-order chi connectivity index (χ0) is 21.6. The average molecular weight is 410 g/mol. The van der Waals surface area contributed by atoms with Gasteiger partial charge in [0.05, 0.1) is 11.6 Å². The average Bonchev–Trinajstić information content (AvgIpc) is 2.81. The van der Waals surface area contributed by atoms with Crippen LogP contribution < -0.4 is 5.32 Å². The number of hydrogen-bond acceptors (Lipinski definition) is 4. The van der Waals surface area contributed by atoms with E-state index in [-0.39, 0.29) is 18.6 Å². The lowest BCUT2D eigenvalue weighted by molar-refractivity contribution is -0.144. The number of para-hydroxylation sites is 1. The van der Waals surface area contributed by atoms with Gasteiger partial charge in [0, 0.05) is 23.2 Å². The number of nitrogens with one attached hydrogen (secondary N) is 1. The van der Waals surface area contributed by atoms with Crippen LogP contribution in [0.3, 0.4) is 0 Å². The van der Waals surface area contributed by atoms with Gasteiger partial charge < -0.3 is 10.1 Å². The minimum atomic E-state index is -0.583. The molecule has 1 aromatic heterocycles. The van der Waals surface area contributed by atoms with E-state index in [0.717, 1.165) is 32.8 Å². The molecule has 0 aliphatic carbocycles. The van der Waals surface area contributed by atoms with E-state index < -0.39 is 5.97 Å². The van der Waals surface area contributed by atoms with Crippen LogP contribution in [0.5, 0.6) is 0 Å². The number of pyridine rings is 1. The van der Waals surface area contributed by atoms with E-state index in [9.17, 15) is 9.59 Å². The number of benzene rings is 3. The molecule has 1 amide bonds. The van der Waals surface area contributed by atoms with E-state index in [1.807, 2.05) is 79.7 Å². The predicted molar refractivity (Wildman–Crippen MR) is 122 cm³/mol. The number of carbonyl (C=O) groups is 2. The molecule has 1 N–H and O–H groups in total. The van der Waals surface area contributed by atoms with Crippen molar-refractivity contribution >= 4 is 39.6 Å². The molecule has 0 saturated carbocycles. The Morgan fingerprint density at radius 3 is 2.61 bits per heavy atom. The molecule has 0 saturated heterocycles. The summed E-state index contributed by atoms with van der Waals surface area (Å²) in [6.07, 6.45) is 4.67. The first-order chi connectivity index (χ1) is 15.1. The molecule has 31 heavy (non-hydrogen) atoms. The van der Waals surface area contributed by atoms with E-state index in [0.29, 0.717) is 0 Å². The van der Waals surface area contributed by atoms with Gasteiger partial charge in [-0.1, -0.05) is 66.7 Å². The molecule has 0 fully saturated rings. The molecule has 154 valence electrons. The number of esters is 1. The first-order valence-corrected chi connectivity index (χ1v) is 10.1. The normalized spacial score (nSPS) is 12.2. The second kappa shape index (κ2) is 9.22. The van der Waals surface area contributed by atoms with Crippen molar-refractivity contribution in [2.75, 3.05) is 6.61 Å². The van der Waals surface area contributed by atoms with Crippen LogP contribution in [0.2, 0.25) is 0 Å². The van der Waals surface area contributed by atoms with Crippen LogP contribution in [0.1, 0.15) is 24.1 Å². The van der Waals surface area contributed by atoms with Gasteiger partial charge in [0.15, 0.2) is 6.61 Å². The Morgan fingerprint density at radius 1 is 0.968 bits per heavy atom. The van der Waals surface area contributed by atoms with Crippen molar-refractivity contribution in [3.8, 4) is 0 Å². The smallest absolute Gasteiger partial charge is 0.331 e. The van der Waals surface area contributed by atoms with Crippen molar-refractivity contribution < 1.29 is 14.3 Å². The van der Waals surface area contributed by atoms with Gasteiger partial charge in [0.25, 0.3) is 5.91 Å². The monoisotopic (exact) mass is 410 g/mol. The molecule has 0 aliphatic rings. The third kappa shape index (κ3) is 4.78. The minimum absolute atomic E-state index is 0.213. The highest BCUT2D eigenvalue weighted by Crippen LogP contribution is 2.24. The van der Waals surface area contributed by atoms with Crippen LogP contribution in [-0.2, 0) is 14.3 Å². The summed E-state index contributed by atoms with van der Waals surface area (Å²) < 4.78 is 5.10. The highest BCUT2D eigenvalue weighted by Gasteiger charge is 2.13. The first kappa shape index (κ1) is 20.3. The lowest BCUT2D eigenvalue weighted by Gasteiger charge is -2.16. The van der Waals surface area contributed by atoms with E-state index in [1.165, 1.54) is 6.08 Å². The Kier molecular flexibility index (Phi) is 6.03. The van der Waals surface area contributed by atoms with Crippen LogP contribution in [-0.4, -0.2) is 23.5 Å². The Hall–Kier alpha value is -3.99. The second-order valence-electron chi connectivity index (χ2n) is 7.22. The number of hydrogen-bond donors (Lipinski definition) is 1. The maximum absolute atomic E-state index is 12.3. The molecule has 4 aromatic rings. The Labute approximate surface area is 180 Å². The van der Waals surface area contributed by atoms with Crippen molar-refractivity contribution in [1.29, 1.82) is 0 Å². The number of ether oxygens (including phenoxy) is 1. The quantitative estimate of drug-likeness (QED) is 0.365. The zero-order valence-corrected chi connectivity index (χ0v) is 17.1. The van der Waals surface area contributed by atoms with Crippen molar-refractivity contribution in [2.24, 2.45) is 0 Å². The molecule has 5 nitrogen and oxygen atoms in total. The third-order valence-electron chi connectivity index (χ3n) is 5.08. The predicted octanol–water partition coefficient (Wildman–Crippen LogP) is 4.82. The minimum Gasteiger partial charge on any atom is -0.452 e. The van der Waals surface area contributed by atoms with Crippen molar-refractivity contribution in [3.05, 3.63) is 96.2 Å². The molecule has 1 unspecified atom stereocenters. The van der Waals surface area contributed by atoms with Gasteiger partial charge in [-0.15, -0.1) is 0 Å². The van der Waals surface area contributed by atoms with Crippen LogP contribution in [0.4, 0.5) is 0 Å². The summed E-state index contributed by atoms with van der Waals surface area (Å²) in [4.78, 5) is 28.7. The molecule has 1 heterocycles. The molecule has 0 spiro atoms. The molecular formula is C26H22N2O3. The summed E-state index contributed by atoms with van der Waals surface area (Å²) in [5.74, 6) is -0.935. The highest BCUT2D eigenvalue weighted by molar-refractivity contribution is 5.94. The summed E-state index contributed by atoms with van der Waals surface area (Å²) in [5.41, 5.74) is 2.63. The Bertz CT molecular complexity index is 1270. The number of amides is 1. The number of carbonyl (C=O) groups excluding carboxylic acids is 2. The van der Waals surface area contributed by atoms with Crippen LogP contribution in [0.25, 0.3) is 27.8 Å². The van der Waals surface area contributed by atoms with Crippen molar-refractivity contribution in [1.82, 2.24) is 10.3 Å². The van der Waals surface area contributed by atoms with E-state index in [1.54, 1.807) is 12.3 Å². The first-order valence-electron chi connectivity index (χ1n) is 10.1. The standard InChI is InChI=1S/C26H22N2O3/c1-18(22-13-5-8-19-7-2-3-12-23(19)22)28-24(29)17-31-25(30)15-14-21-10-4-9-20-11-6-16-27-26(20)21/h2-16,18H,17H2,1H3,(H,28,29)/b15-14+. The fourth-order valence-electron chi connectivity index (χ4n) is 3.59. The maximum Gasteiger partial charge on any atom is 0.331 e. The molecule has 0 bridgehead atoms. The second-order valence-corrected chi connectivity index (χ2v) is 7.22. The SMILES string of the molecule is CC(NC(=O)COC(=O)/C=C/c1cccc2cccnc12)c1cccc2ccccc12. The largest absolute Gasteiger partial charge is 0.452 e. The van der Waals surface area contributed by atoms with E-state index in [2.05, 4.69) is 10.3 Å². The third-order valence-corrected chi connectivity index (χ3v) is 5.08. The van der Waals surface area contributed by atoms with Crippen LogP contribution in [0, 0.1) is 0 Å². The topological polar surface area (TPSA) is 68.3 Å². The molecule has 4 rings (SSSR count). The lowest BCUT2D eigenvalue weighted by Crippen LogP contribution is -2.31. The summed E-state index contributed by atoms with van der Waals surface area (Å²) in [6, 6.07) is 23.3. The number of nitrogens with zero attached hydrogens (tertiary/aromatic N) is 1. The number of aromatic nitrogens is 1. The Morgan fingerprint density at radius 2 is 1.71 bits per heavy atom. The molecule has 3 aromatic carbocycles. The molecule has 1 atom stereocenters. The molecular weight excluding hydrogens is 388 g/mol. The summed E-state index contributed by atoms with van der Waals surface area (Å²) >= 11 is 0. The van der Waals surface area contributed by atoms with Gasteiger partial charge in [-0.2, -0.15) is 0 Å². The summed E-state index contributed by atoms with van der Waals surface area (Å²) in [6.45, 7) is 1.57. The molecule has 0 radical (unpaired) electrons. The Balaban J connectivity index is 1.35. The lowest BCUT2D eigenvalue weighted by atomic mass is 10.00. The van der Waals surface area contributed by atoms with Crippen molar-refractivity contribution in [3.63, 3.8) is 0 Å². The van der Waals surface area contributed by atoms with Crippen LogP contribution >= 0.6 is 0 Å².